The minimum absolute atomic E-state index is 0.235. The second kappa shape index (κ2) is 8.13. The number of fused-ring (bicyclic) bond motifs is 1. The Hall–Kier alpha value is -2.05. The summed E-state index contributed by atoms with van der Waals surface area (Å²) in [6.45, 7) is 4.85. The molecule has 1 N–H and O–H groups in total. The van der Waals surface area contributed by atoms with Crippen LogP contribution in [0.2, 0.25) is 0 Å². The Kier molecular flexibility index (Phi) is 5.60. The number of piperazine rings is 1. The summed E-state index contributed by atoms with van der Waals surface area (Å²) in [7, 11) is -3.18. The van der Waals surface area contributed by atoms with Gasteiger partial charge in [0.25, 0.3) is 0 Å². The van der Waals surface area contributed by atoms with Gasteiger partial charge in [0, 0.05) is 31.9 Å². The summed E-state index contributed by atoms with van der Waals surface area (Å²) in [6, 6.07) is 14.8. The maximum absolute atomic E-state index is 12.9. The normalized spacial score (nSPS) is 22.0. The van der Waals surface area contributed by atoms with Crippen LogP contribution >= 0.6 is 0 Å². The molecule has 0 aliphatic carbocycles. The van der Waals surface area contributed by atoms with E-state index < -0.39 is 9.84 Å². The predicted octanol–water partition coefficient (Wildman–Crippen LogP) is 3.08. The molecule has 2 heterocycles. The Morgan fingerprint density at radius 3 is 2.43 bits per heavy atom. The molecule has 1 atom stereocenters. The van der Waals surface area contributed by atoms with Crippen LogP contribution in [0.5, 0.6) is 5.75 Å². The van der Waals surface area contributed by atoms with Crippen LogP contribution in [0.25, 0.3) is 0 Å². The molecule has 150 valence electrons. The molecule has 5 nitrogen and oxygen atoms in total. The van der Waals surface area contributed by atoms with E-state index in [-0.39, 0.29) is 5.25 Å². The van der Waals surface area contributed by atoms with Gasteiger partial charge in [-0.2, -0.15) is 0 Å². The number of anilines is 1. The largest absolute Gasteiger partial charge is 0.508 e. The van der Waals surface area contributed by atoms with E-state index in [1.807, 2.05) is 30.3 Å². The third-order valence-electron chi connectivity index (χ3n) is 6.04. The highest BCUT2D eigenvalue weighted by Gasteiger charge is 2.33. The lowest BCUT2D eigenvalue weighted by molar-refractivity contribution is 0.252. The van der Waals surface area contributed by atoms with Gasteiger partial charge in [-0.05, 0) is 68.1 Å². The molecule has 4 rings (SSSR count). The van der Waals surface area contributed by atoms with Gasteiger partial charge in [0.2, 0.25) is 0 Å². The Morgan fingerprint density at radius 2 is 1.68 bits per heavy atom. The Bertz CT molecular complexity index is 904. The molecule has 0 spiro atoms. The van der Waals surface area contributed by atoms with Gasteiger partial charge in [-0.1, -0.05) is 18.2 Å². The van der Waals surface area contributed by atoms with E-state index in [4.69, 9.17) is 0 Å². The zero-order valence-electron chi connectivity index (χ0n) is 16.1. The Morgan fingerprint density at radius 1 is 0.964 bits per heavy atom. The van der Waals surface area contributed by atoms with Crippen molar-refractivity contribution in [2.24, 2.45) is 0 Å². The molecule has 2 aromatic rings. The smallest absolute Gasteiger partial charge is 0.181 e. The highest BCUT2D eigenvalue weighted by Crippen LogP contribution is 2.31. The summed E-state index contributed by atoms with van der Waals surface area (Å²) < 4.78 is 25.7. The minimum Gasteiger partial charge on any atom is -0.508 e. The van der Waals surface area contributed by atoms with Crippen molar-refractivity contribution >= 4 is 15.5 Å². The fourth-order valence-electron chi connectivity index (χ4n) is 4.37. The quantitative estimate of drug-likeness (QED) is 0.836. The predicted molar refractivity (Wildman–Crippen MR) is 112 cm³/mol. The first-order valence-electron chi connectivity index (χ1n) is 10.1. The van der Waals surface area contributed by atoms with Crippen LogP contribution in [0.3, 0.4) is 0 Å². The molecule has 2 aliphatic rings. The number of benzene rings is 2. The average Bonchev–Trinajstić information content (AvgIpc) is 2.71. The third kappa shape index (κ3) is 4.03. The average molecular weight is 401 g/mol. The number of sulfone groups is 1. The van der Waals surface area contributed by atoms with Crippen molar-refractivity contribution in [3.8, 4) is 5.75 Å². The monoisotopic (exact) mass is 400 g/mol. The summed E-state index contributed by atoms with van der Waals surface area (Å²) >= 11 is 0. The summed E-state index contributed by atoms with van der Waals surface area (Å²) in [5.41, 5.74) is 2.12. The number of phenolic OH excluding ortho intramolecular Hbond substituents is 1. The SMILES string of the molecule is O=S1(=O)c2ccccc2CCC1CCCN1CCN(c2ccc(O)cc2)CC1. The van der Waals surface area contributed by atoms with Gasteiger partial charge in [0.05, 0.1) is 10.1 Å². The fourth-order valence-corrected chi connectivity index (χ4v) is 6.44. The van der Waals surface area contributed by atoms with Gasteiger partial charge in [-0.25, -0.2) is 8.42 Å². The molecule has 1 unspecified atom stereocenters. The molecule has 0 aromatic heterocycles. The molecular formula is C22H28N2O3S. The Labute approximate surface area is 167 Å². The molecule has 1 saturated heterocycles. The van der Waals surface area contributed by atoms with Crippen LogP contribution in [0.15, 0.2) is 53.4 Å². The number of nitrogens with zero attached hydrogens (tertiary/aromatic N) is 2. The number of aromatic hydroxyl groups is 1. The van der Waals surface area contributed by atoms with E-state index in [1.165, 1.54) is 0 Å². The first-order chi connectivity index (χ1) is 13.5. The summed E-state index contributed by atoms with van der Waals surface area (Å²) in [4.78, 5) is 5.31. The summed E-state index contributed by atoms with van der Waals surface area (Å²) in [5.74, 6) is 0.294. The number of hydrogen-bond donors (Lipinski definition) is 1. The van der Waals surface area contributed by atoms with Crippen molar-refractivity contribution in [1.29, 1.82) is 0 Å². The van der Waals surface area contributed by atoms with Crippen LogP contribution in [0, 0.1) is 0 Å². The fraction of sp³-hybridized carbons (Fsp3) is 0.455. The standard InChI is InChI=1S/C22H28N2O3S/c25-20-10-8-19(9-11-20)24-16-14-23(15-17-24)13-3-5-21-12-7-18-4-1-2-6-22(18)28(21,26)27/h1-2,4,6,8-11,21,25H,3,5,7,12-17H2. The van der Waals surface area contributed by atoms with E-state index in [0.717, 1.165) is 69.7 Å². The molecule has 0 saturated carbocycles. The lowest BCUT2D eigenvalue weighted by Crippen LogP contribution is -2.46. The summed E-state index contributed by atoms with van der Waals surface area (Å²) in [6.07, 6.45) is 3.28. The van der Waals surface area contributed by atoms with Gasteiger partial charge in [-0.15, -0.1) is 0 Å². The Balaban J connectivity index is 1.26. The molecule has 0 radical (unpaired) electrons. The van der Waals surface area contributed by atoms with Gasteiger partial charge in [0.15, 0.2) is 9.84 Å². The molecule has 6 heteroatoms. The van der Waals surface area contributed by atoms with Crippen molar-refractivity contribution in [2.45, 2.75) is 35.8 Å². The van der Waals surface area contributed by atoms with Crippen molar-refractivity contribution in [1.82, 2.24) is 4.90 Å². The van der Waals surface area contributed by atoms with Gasteiger partial charge in [-0.3, -0.25) is 4.90 Å². The van der Waals surface area contributed by atoms with Crippen LogP contribution in [-0.4, -0.2) is 56.4 Å². The van der Waals surface area contributed by atoms with E-state index >= 15 is 0 Å². The van der Waals surface area contributed by atoms with Crippen LogP contribution in [-0.2, 0) is 16.3 Å². The topological polar surface area (TPSA) is 60.9 Å². The van der Waals surface area contributed by atoms with Crippen LogP contribution in [0.4, 0.5) is 5.69 Å². The van der Waals surface area contributed by atoms with E-state index in [1.54, 1.807) is 18.2 Å². The molecule has 1 fully saturated rings. The first kappa shape index (κ1) is 19.3. The van der Waals surface area contributed by atoms with Gasteiger partial charge in [0.1, 0.15) is 5.75 Å². The second-order valence-electron chi connectivity index (χ2n) is 7.80. The zero-order valence-corrected chi connectivity index (χ0v) is 16.9. The second-order valence-corrected chi connectivity index (χ2v) is 10.00. The highest BCUT2D eigenvalue weighted by atomic mass is 32.2. The van der Waals surface area contributed by atoms with E-state index in [0.29, 0.717) is 10.6 Å². The maximum Gasteiger partial charge on any atom is 0.181 e. The first-order valence-corrected chi connectivity index (χ1v) is 11.7. The van der Waals surface area contributed by atoms with E-state index in [9.17, 15) is 13.5 Å². The minimum atomic E-state index is -3.18. The maximum atomic E-state index is 12.9. The van der Waals surface area contributed by atoms with Crippen LogP contribution < -0.4 is 4.90 Å². The molecular weight excluding hydrogens is 372 g/mol. The lowest BCUT2D eigenvalue weighted by atomic mass is 10.0. The number of phenols is 1. The number of aryl methyl sites for hydroxylation is 1. The van der Waals surface area contributed by atoms with Crippen molar-refractivity contribution in [2.75, 3.05) is 37.6 Å². The number of hydrogen-bond acceptors (Lipinski definition) is 5. The molecule has 0 bridgehead atoms. The molecule has 2 aromatic carbocycles. The van der Waals surface area contributed by atoms with Crippen molar-refractivity contribution < 1.29 is 13.5 Å². The third-order valence-corrected chi connectivity index (χ3v) is 8.40. The summed E-state index contributed by atoms with van der Waals surface area (Å²) in [5, 5.41) is 9.19. The number of rotatable bonds is 5. The van der Waals surface area contributed by atoms with E-state index in [2.05, 4.69) is 9.80 Å². The highest BCUT2D eigenvalue weighted by molar-refractivity contribution is 7.92. The lowest BCUT2D eigenvalue weighted by Gasteiger charge is -2.36. The molecule has 0 amide bonds. The van der Waals surface area contributed by atoms with Gasteiger partial charge < -0.3 is 10.0 Å². The van der Waals surface area contributed by atoms with Crippen molar-refractivity contribution in [3.05, 3.63) is 54.1 Å². The molecule has 2 aliphatic heterocycles. The molecule has 28 heavy (non-hydrogen) atoms. The zero-order chi connectivity index (χ0) is 19.6. The van der Waals surface area contributed by atoms with Gasteiger partial charge >= 0.3 is 0 Å². The van der Waals surface area contributed by atoms with Crippen LogP contribution in [0.1, 0.15) is 24.8 Å². The van der Waals surface area contributed by atoms with Crippen molar-refractivity contribution in [3.63, 3.8) is 0 Å².